The predicted octanol–water partition coefficient (Wildman–Crippen LogP) is 4.32. The van der Waals surface area contributed by atoms with Crippen LogP contribution in [0.4, 0.5) is 5.69 Å². The zero-order valence-electron chi connectivity index (χ0n) is 16.3. The van der Waals surface area contributed by atoms with Gasteiger partial charge in [-0.15, -0.1) is 0 Å². The Hall–Kier alpha value is -3.64. The fraction of sp³-hybridized carbons (Fsp3) is 0.0870. The molecule has 0 heterocycles. The van der Waals surface area contributed by atoms with Crippen LogP contribution in [-0.4, -0.2) is 18.0 Å². The van der Waals surface area contributed by atoms with E-state index < -0.39 is 11.8 Å². The maximum Gasteiger partial charge on any atom is 0.329 e. The summed E-state index contributed by atoms with van der Waals surface area (Å²) >= 11 is 6.01. The van der Waals surface area contributed by atoms with Gasteiger partial charge in [-0.3, -0.25) is 9.59 Å². The molecule has 0 saturated heterocycles. The summed E-state index contributed by atoms with van der Waals surface area (Å²) in [6.45, 7) is 2.32. The first-order valence-corrected chi connectivity index (χ1v) is 9.56. The number of carbonyl (C=O) groups is 2. The molecule has 0 unspecified atom stereocenters. The summed E-state index contributed by atoms with van der Waals surface area (Å²) in [6.07, 6.45) is 1.44. The molecule has 3 aromatic rings. The lowest BCUT2D eigenvalue weighted by Gasteiger charge is -2.06. The van der Waals surface area contributed by atoms with Crippen LogP contribution in [0.3, 0.4) is 0 Å². The van der Waals surface area contributed by atoms with Crippen molar-refractivity contribution >= 4 is 35.3 Å². The third-order valence-electron chi connectivity index (χ3n) is 4.14. The second kappa shape index (κ2) is 10.2. The van der Waals surface area contributed by atoms with E-state index in [1.54, 1.807) is 42.5 Å². The molecule has 0 radical (unpaired) electrons. The van der Waals surface area contributed by atoms with Crippen molar-refractivity contribution in [2.24, 2.45) is 5.10 Å². The molecule has 0 fully saturated rings. The maximum atomic E-state index is 11.9. The van der Waals surface area contributed by atoms with E-state index >= 15 is 0 Å². The number of benzene rings is 3. The summed E-state index contributed by atoms with van der Waals surface area (Å²) in [5, 5.41) is 6.78. The van der Waals surface area contributed by atoms with Crippen molar-refractivity contribution in [3.8, 4) is 5.75 Å². The molecule has 0 aliphatic rings. The molecule has 2 N–H and O–H groups in total. The molecular formula is C23H20ClN3O3. The van der Waals surface area contributed by atoms with Gasteiger partial charge in [0.2, 0.25) is 0 Å². The third kappa shape index (κ3) is 6.18. The van der Waals surface area contributed by atoms with Gasteiger partial charge in [0.05, 0.1) is 6.21 Å². The maximum absolute atomic E-state index is 11.9. The van der Waals surface area contributed by atoms with Gasteiger partial charge >= 0.3 is 11.8 Å². The Morgan fingerprint density at radius 3 is 2.43 bits per heavy atom. The van der Waals surface area contributed by atoms with Gasteiger partial charge in [-0.05, 0) is 60.0 Å². The number of nitrogens with zero attached hydrogens (tertiary/aromatic N) is 1. The SMILES string of the molecule is Cc1ccc(NC(=O)C(=O)NN=Cc2ccc(OCc3ccccc3)cc2)cc1Cl. The number of halogens is 1. The highest BCUT2D eigenvalue weighted by atomic mass is 35.5. The summed E-state index contributed by atoms with van der Waals surface area (Å²) in [4.78, 5) is 23.8. The number of nitrogens with one attached hydrogen (secondary N) is 2. The predicted molar refractivity (Wildman–Crippen MR) is 118 cm³/mol. The van der Waals surface area contributed by atoms with E-state index in [1.807, 2.05) is 37.3 Å². The number of hydrogen-bond acceptors (Lipinski definition) is 4. The standard InChI is InChI=1S/C23H20ClN3O3/c1-16-7-10-19(13-21(16)24)26-22(28)23(29)27-25-14-17-8-11-20(12-9-17)30-15-18-5-3-2-4-6-18/h2-14H,15H2,1H3,(H,26,28)(H,27,29). The Morgan fingerprint density at radius 1 is 1.00 bits per heavy atom. The van der Waals surface area contributed by atoms with Crippen LogP contribution < -0.4 is 15.5 Å². The smallest absolute Gasteiger partial charge is 0.329 e. The van der Waals surface area contributed by atoms with Crippen molar-refractivity contribution in [2.45, 2.75) is 13.5 Å². The van der Waals surface area contributed by atoms with Crippen LogP contribution >= 0.6 is 11.6 Å². The van der Waals surface area contributed by atoms with Crippen molar-refractivity contribution < 1.29 is 14.3 Å². The van der Waals surface area contributed by atoms with Crippen molar-refractivity contribution in [1.82, 2.24) is 5.43 Å². The molecule has 3 aromatic carbocycles. The average molecular weight is 422 g/mol. The molecule has 0 aromatic heterocycles. The molecule has 6 nitrogen and oxygen atoms in total. The van der Waals surface area contributed by atoms with E-state index in [1.165, 1.54) is 6.21 Å². The number of anilines is 1. The van der Waals surface area contributed by atoms with E-state index in [0.29, 0.717) is 17.3 Å². The second-order valence-corrected chi connectivity index (χ2v) is 6.87. The number of aryl methyl sites for hydroxylation is 1. The first kappa shape index (κ1) is 21.1. The van der Waals surface area contributed by atoms with Crippen LogP contribution in [0.1, 0.15) is 16.7 Å². The van der Waals surface area contributed by atoms with Crippen LogP contribution in [0, 0.1) is 6.92 Å². The molecule has 0 atom stereocenters. The summed E-state index contributed by atoms with van der Waals surface area (Å²) in [6, 6.07) is 22.1. The zero-order valence-corrected chi connectivity index (χ0v) is 17.0. The van der Waals surface area contributed by atoms with Crippen LogP contribution in [0.15, 0.2) is 77.9 Å². The van der Waals surface area contributed by atoms with Gasteiger partial charge in [0, 0.05) is 10.7 Å². The van der Waals surface area contributed by atoms with Crippen LogP contribution in [-0.2, 0) is 16.2 Å². The van der Waals surface area contributed by atoms with E-state index in [2.05, 4.69) is 15.8 Å². The Morgan fingerprint density at radius 2 is 1.73 bits per heavy atom. The topological polar surface area (TPSA) is 79.8 Å². The van der Waals surface area contributed by atoms with E-state index in [-0.39, 0.29) is 0 Å². The molecular weight excluding hydrogens is 402 g/mol. The fourth-order valence-corrected chi connectivity index (χ4v) is 2.65. The van der Waals surface area contributed by atoms with Gasteiger partial charge in [0.1, 0.15) is 12.4 Å². The van der Waals surface area contributed by atoms with E-state index in [4.69, 9.17) is 16.3 Å². The first-order valence-electron chi connectivity index (χ1n) is 9.18. The summed E-state index contributed by atoms with van der Waals surface area (Å²) < 4.78 is 5.72. The number of carbonyl (C=O) groups excluding carboxylic acids is 2. The van der Waals surface area contributed by atoms with Gasteiger partial charge < -0.3 is 10.1 Å². The van der Waals surface area contributed by atoms with Gasteiger partial charge in [0.15, 0.2) is 0 Å². The minimum atomic E-state index is -0.884. The summed E-state index contributed by atoms with van der Waals surface area (Å²) in [7, 11) is 0. The monoisotopic (exact) mass is 421 g/mol. The highest BCUT2D eigenvalue weighted by molar-refractivity contribution is 6.39. The van der Waals surface area contributed by atoms with Crippen molar-refractivity contribution in [3.05, 3.63) is 94.5 Å². The molecule has 7 heteroatoms. The Balaban J connectivity index is 1.47. The quantitative estimate of drug-likeness (QED) is 0.353. The van der Waals surface area contributed by atoms with Crippen molar-refractivity contribution in [1.29, 1.82) is 0 Å². The average Bonchev–Trinajstić information content (AvgIpc) is 2.76. The first-order chi connectivity index (χ1) is 14.5. The fourth-order valence-electron chi connectivity index (χ4n) is 2.47. The van der Waals surface area contributed by atoms with Crippen LogP contribution in [0.5, 0.6) is 5.75 Å². The molecule has 0 saturated carbocycles. The lowest BCUT2D eigenvalue weighted by atomic mass is 10.2. The molecule has 30 heavy (non-hydrogen) atoms. The van der Waals surface area contributed by atoms with Gasteiger partial charge in [0.25, 0.3) is 0 Å². The number of hydrogen-bond donors (Lipinski definition) is 2. The number of ether oxygens (including phenoxy) is 1. The zero-order chi connectivity index (χ0) is 21.3. The minimum Gasteiger partial charge on any atom is -0.489 e. The molecule has 0 spiro atoms. The highest BCUT2D eigenvalue weighted by Gasteiger charge is 2.13. The number of hydrazone groups is 1. The molecule has 0 bridgehead atoms. The van der Waals surface area contributed by atoms with Gasteiger partial charge in [-0.2, -0.15) is 5.10 Å². The largest absolute Gasteiger partial charge is 0.489 e. The molecule has 3 rings (SSSR count). The minimum absolute atomic E-state index is 0.431. The molecule has 152 valence electrons. The van der Waals surface area contributed by atoms with Gasteiger partial charge in [-0.25, -0.2) is 5.43 Å². The van der Waals surface area contributed by atoms with Crippen molar-refractivity contribution in [2.75, 3.05) is 5.32 Å². The highest BCUT2D eigenvalue weighted by Crippen LogP contribution is 2.19. The third-order valence-corrected chi connectivity index (χ3v) is 4.55. The lowest BCUT2D eigenvalue weighted by Crippen LogP contribution is -2.32. The van der Waals surface area contributed by atoms with E-state index in [0.717, 1.165) is 22.4 Å². The second-order valence-electron chi connectivity index (χ2n) is 6.46. The van der Waals surface area contributed by atoms with Crippen molar-refractivity contribution in [3.63, 3.8) is 0 Å². The Bertz CT molecular complexity index is 1050. The summed E-state index contributed by atoms with van der Waals surface area (Å²) in [5.74, 6) is -1.00. The van der Waals surface area contributed by atoms with Gasteiger partial charge in [-0.1, -0.05) is 48.0 Å². The van der Waals surface area contributed by atoms with Crippen LogP contribution in [0.25, 0.3) is 0 Å². The number of amides is 2. The lowest BCUT2D eigenvalue weighted by molar-refractivity contribution is -0.136. The molecule has 0 aliphatic carbocycles. The molecule has 0 aliphatic heterocycles. The van der Waals surface area contributed by atoms with E-state index in [9.17, 15) is 9.59 Å². The Labute approximate surface area is 179 Å². The normalized spacial score (nSPS) is 10.6. The Kier molecular flexibility index (Phi) is 7.19. The number of rotatable bonds is 6. The van der Waals surface area contributed by atoms with Crippen LogP contribution in [0.2, 0.25) is 5.02 Å². The summed E-state index contributed by atoms with van der Waals surface area (Å²) in [5.41, 5.74) is 5.32. The molecule has 2 amide bonds.